The summed E-state index contributed by atoms with van der Waals surface area (Å²) in [6, 6.07) is 2.65. The Balaban J connectivity index is 2.52. The molecule has 0 saturated heterocycles. The van der Waals surface area contributed by atoms with Gasteiger partial charge >= 0.3 is 0 Å². The molecule has 0 aliphatic carbocycles. The third-order valence-corrected chi connectivity index (χ3v) is 3.82. The van der Waals surface area contributed by atoms with Crippen LogP contribution in [0.5, 0.6) is 0 Å². The molecule has 0 atom stereocenters. The van der Waals surface area contributed by atoms with Crippen molar-refractivity contribution < 1.29 is 17.2 Å². The second kappa shape index (κ2) is 7.40. The zero-order valence-electron chi connectivity index (χ0n) is 10.7. The van der Waals surface area contributed by atoms with Crippen molar-refractivity contribution in [1.82, 2.24) is 5.32 Å². The average Bonchev–Trinajstić information content (AvgIpc) is 2.33. The van der Waals surface area contributed by atoms with Gasteiger partial charge in [-0.1, -0.05) is 6.92 Å². The van der Waals surface area contributed by atoms with Gasteiger partial charge in [0, 0.05) is 6.07 Å². The van der Waals surface area contributed by atoms with Gasteiger partial charge in [-0.3, -0.25) is 4.72 Å². The summed E-state index contributed by atoms with van der Waals surface area (Å²) < 4.78 is 51.6. The molecular weight excluding hydrogens is 274 g/mol. The summed E-state index contributed by atoms with van der Waals surface area (Å²) in [7, 11) is -3.65. The number of anilines is 1. The molecule has 0 spiro atoms. The number of hydrogen-bond acceptors (Lipinski definition) is 3. The Kier molecular flexibility index (Phi) is 6.17. The Morgan fingerprint density at radius 3 is 2.63 bits per heavy atom. The van der Waals surface area contributed by atoms with Crippen LogP contribution in [0, 0.1) is 11.6 Å². The predicted octanol–water partition coefficient (Wildman–Crippen LogP) is 2.10. The Morgan fingerprint density at radius 1 is 1.21 bits per heavy atom. The first-order valence-electron chi connectivity index (χ1n) is 6.11. The number of sulfonamides is 1. The summed E-state index contributed by atoms with van der Waals surface area (Å²) in [4.78, 5) is 0. The monoisotopic (exact) mass is 292 g/mol. The van der Waals surface area contributed by atoms with E-state index in [-0.39, 0.29) is 11.4 Å². The molecule has 0 aromatic heterocycles. The second-order valence-corrected chi connectivity index (χ2v) is 5.95. The van der Waals surface area contributed by atoms with Gasteiger partial charge in [0.15, 0.2) is 0 Å². The van der Waals surface area contributed by atoms with E-state index >= 15 is 0 Å². The number of unbranched alkanes of at least 4 members (excludes halogenated alkanes) is 1. The Bertz CT molecular complexity index is 506. The molecule has 0 radical (unpaired) electrons. The number of benzene rings is 1. The second-order valence-electron chi connectivity index (χ2n) is 4.11. The summed E-state index contributed by atoms with van der Waals surface area (Å²) in [6.07, 6.45) is 1.17. The van der Waals surface area contributed by atoms with E-state index in [2.05, 4.69) is 10.0 Å². The quantitative estimate of drug-likeness (QED) is 0.721. The van der Waals surface area contributed by atoms with Crippen molar-refractivity contribution in [3.63, 3.8) is 0 Å². The summed E-state index contributed by atoms with van der Waals surface area (Å²) in [5.74, 6) is -1.60. The van der Waals surface area contributed by atoms with Crippen LogP contribution in [0.15, 0.2) is 18.2 Å². The van der Waals surface area contributed by atoms with Crippen LogP contribution in [0.3, 0.4) is 0 Å². The lowest BCUT2D eigenvalue weighted by Gasteiger charge is -2.09. The van der Waals surface area contributed by atoms with E-state index < -0.39 is 21.7 Å². The molecule has 1 aromatic carbocycles. The minimum absolute atomic E-state index is 0.117. The lowest BCUT2D eigenvalue weighted by atomic mass is 10.3. The zero-order valence-corrected chi connectivity index (χ0v) is 11.6. The fourth-order valence-corrected chi connectivity index (χ4v) is 2.69. The van der Waals surface area contributed by atoms with Crippen LogP contribution in [-0.4, -0.2) is 27.3 Å². The van der Waals surface area contributed by atoms with E-state index in [0.717, 1.165) is 31.3 Å². The van der Waals surface area contributed by atoms with Crippen LogP contribution >= 0.6 is 0 Å². The van der Waals surface area contributed by atoms with E-state index in [1.807, 2.05) is 6.92 Å². The fourth-order valence-electron chi connectivity index (χ4n) is 1.51. The SMILES string of the molecule is CCNCCCCS(=O)(=O)Nc1cc(F)ccc1F. The van der Waals surface area contributed by atoms with Crippen molar-refractivity contribution in [2.24, 2.45) is 0 Å². The first kappa shape index (κ1) is 15.8. The first-order valence-corrected chi connectivity index (χ1v) is 7.76. The van der Waals surface area contributed by atoms with E-state index in [4.69, 9.17) is 0 Å². The molecule has 19 heavy (non-hydrogen) atoms. The van der Waals surface area contributed by atoms with Gasteiger partial charge in [0.05, 0.1) is 11.4 Å². The molecule has 0 bridgehead atoms. The largest absolute Gasteiger partial charge is 0.317 e. The molecule has 1 rings (SSSR count). The van der Waals surface area contributed by atoms with Gasteiger partial charge in [-0.2, -0.15) is 0 Å². The molecule has 0 fully saturated rings. The highest BCUT2D eigenvalue weighted by Crippen LogP contribution is 2.17. The van der Waals surface area contributed by atoms with Crippen molar-refractivity contribution in [3.8, 4) is 0 Å². The lowest BCUT2D eigenvalue weighted by molar-refractivity contribution is 0.589. The van der Waals surface area contributed by atoms with E-state index in [1.165, 1.54) is 0 Å². The van der Waals surface area contributed by atoms with Gasteiger partial charge in [-0.25, -0.2) is 17.2 Å². The molecule has 7 heteroatoms. The number of hydrogen-bond donors (Lipinski definition) is 2. The van der Waals surface area contributed by atoms with Crippen molar-refractivity contribution in [3.05, 3.63) is 29.8 Å². The highest BCUT2D eigenvalue weighted by Gasteiger charge is 2.13. The van der Waals surface area contributed by atoms with Crippen LogP contribution in [0.4, 0.5) is 14.5 Å². The van der Waals surface area contributed by atoms with E-state index in [0.29, 0.717) is 12.8 Å². The van der Waals surface area contributed by atoms with Gasteiger partial charge in [0.25, 0.3) is 0 Å². The fraction of sp³-hybridized carbons (Fsp3) is 0.500. The van der Waals surface area contributed by atoms with Crippen LogP contribution in [0.2, 0.25) is 0 Å². The molecule has 1 aromatic rings. The molecule has 4 nitrogen and oxygen atoms in total. The van der Waals surface area contributed by atoms with Gasteiger partial charge in [-0.15, -0.1) is 0 Å². The minimum Gasteiger partial charge on any atom is -0.317 e. The smallest absolute Gasteiger partial charge is 0.232 e. The van der Waals surface area contributed by atoms with Gasteiger partial charge in [0.1, 0.15) is 11.6 Å². The number of rotatable bonds is 8. The molecule has 0 aliphatic rings. The van der Waals surface area contributed by atoms with Gasteiger partial charge < -0.3 is 5.32 Å². The predicted molar refractivity (Wildman–Crippen MR) is 71.5 cm³/mol. The van der Waals surface area contributed by atoms with Crippen molar-refractivity contribution in [2.45, 2.75) is 19.8 Å². The standard InChI is InChI=1S/C12H18F2N2O2S/c1-2-15-7-3-4-8-19(17,18)16-12-9-10(13)5-6-11(12)14/h5-6,9,15-16H,2-4,7-8H2,1H3. The Labute approximate surface area is 112 Å². The summed E-state index contributed by atoms with van der Waals surface area (Å²) in [5, 5.41) is 3.08. The number of halogens is 2. The maximum absolute atomic E-state index is 13.3. The lowest BCUT2D eigenvalue weighted by Crippen LogP contribution is -2.19. The topological polar surface area (TPSA) is 58.2 Å². The maximum Gasteiger partial charge on any atom is 0.232 e. The third-order valence-electron chi connectivity index (χ3n) is 2.46. The molecule has 0 aliphatic heterocycles. The van der Waals surface area contributed by atoms with Crippen molar-refractivity contribution in [2.75, 3.05) is 23.6 Å². The highest BCUT2D eigenvalue weighted by atomic mass is 32.2. The average molecular weight is 292 g/mol. The third kappa shape index (κ3) is 5.98. The van der Waals surface area contributed by atoms with Crippen LogP contribution in [0.1, 0.15) is 19.8 Å². The van der Waals surface area contributed by atoms with Crippen LogP contribution in [-0.2, 0) is 10.0 Å². The summed E-state index contributed by atoms with van der Waals surface area (Å²) >= 11 is 0. The zero-order chi connectivity index (χ0) is 14.3. The van der Waals surface area contributed by atoms with E-state index in [9.17, 15) is 17.2 Å². The first-order chi connectivity index (χ1) is 8.94. The number of nitrogens with one attached hydrogen (secondary N) is 2. The molecule has 2 N–H and O–H groups in total. The van der Waals surface area contributed by atoms with Crippen molar-refractivity contribution >= 4 is 15.7 Å². The normalized spacial score (nSPS) is 11.5. The Hall–Kier alpha value is -1.21. The molecular formula is C12H18F2N2O2S. The van der Waals surface area contributed by atoms with Crippen LogP contribution in [0.25, 0.3) is 0 Å². The molecule has 0 amide bonds. The van der Waals surface area contributed by atoms with Gasteiger partial charge in [0.2, 0.25) is 10.0 Å². The van der Waals surface area contributed by atoms with Crippen LogP contribution < -0.4 is 10.0 Å². The highest BCUT2D eigenvalue weighted by molar-refractivity contribution is 7.92. The summed E-state index contributed by atoms with van der Waals surface area (Å²) in [5.41, 5.74) is -0.355. The van der Waals surface area contributed by atoms with Gasteiger partial charge in [-0.05, 0) is 38.1 Å². The Morgan fingerprint density at radius 2 is 1.95 bits per heavy atom. The minimum atomic E-state index is -3.65. The molecule has 0 unspecified atom stereocenters. The molecule has 0 heterocycles. The molecule has 108 valence electrons. The van der Waals surface area contributed by atoms with Crippen molar-refractivity contribution in [1.29, 1.82) is 0 Å². The molecule has 0 saturated carbocycles. The summed E-state index contributed by atoms with van der Waals surface area (Å²) in [6.45, 7) is 3.53. The maximum atomic E-state index is 13.3. The van der Waals surface area contributed by atoms with E-state index in [1.54, 1.807) is 0 Å².